The highest BCUT2D eigenvalue weighted by atomic mass is 19.3. The number of hydrogen-bond donors (Lipinski definition) is 1. The number of nitrogens with two attached hydrogens (primary N) is 1. The molecule has 2 rings (SSSR count). The Hall–Kier alpha value is -2.09. The largest absolute Gasteiger partial charge is 0.444 e. The Labute approximate surface area is 152 Å². The lowest BCUT2D eigenvalue weighted by atomic mass is 10.1. The molecule has 26 heavy (non-hydrogen) atoms. The van der Waals surface area contributed by atoms with Crippen LogP contribution in [0.1, 0.15) is 26.3 Å². The van der Waals surface area contributed by atoms with Crippen molar-refractivity contribution in [1.29, 1.82) is 0 Å². The molecular weight excluding hydrogens is 344 g/mol. The third kappa shape index (κ3) is 5.72. The number of nitrogens with zero attached hydrogens (tertiary/aromatic N) is 2. The van der Waals surface area contributed by atoms with E-state index in [2.05, 4.69) is 0 Å². The number of halogens is 2. The van der Waals surface area contributed by atoms with Gasteiger partial charge in [-0.3, -0.25) is 0 Å². The van der Waals surface area contributed by atoms with E-state index in [9.17, 15) is 13.6 Å². The molecule has 0 spiro atoms. The molecular formula is C18H27F2N3O3. The van der Waals surface area contributed by atoms with Gasteiger partial charge in [-0.15, -0.1) is 0 Å². The van der Waals surface area contributed by atoms with Crippen LogP contribution in [0.5, 0.6) is 5.75 Å². The second-order valence-corrected chi connectivity index (χ2v) is 7.17. The molecule has 0 saturated carbocycles. The van der Waals surface area contributed by atoms with E-state index in [0.29, 0.717) is 44.8 Å². The molecule has 1 saturated heterocycles. The van der Waals surface area contributed by atoms with Crippen molar-refractivity contribution in [3.05, 3.63) is 23.8 Å². The van der Waals surface area contributed by atoms with Gasteiger partial charge in [0.1, 0.15) is 11.4 Å². The second kappa shape index (κ2) is 8.53. The number of amides is 1. The van der Waals surface area contributed by atoms with Crippen LogP contribution in [-0.2, 0) is 11.2 Å². The summed E-state index contributed by atoms with van der Waals surface area (Å²) < 4.78 is 35.6. The molecule has 0 aromatic heterocycles. The molecule has 0 atom stereocenters. The molecule has 1 aliphatic rings. The van der Waals surface area contributed by atoms with Crippen molar-refractivity contribution in [2.24, 2.45) is 5.73 Å². The first-order valence-electron chi connectivity index (χ1n) is 8.70. The predicted molar refractivity (Wildman–Crippen MR) is 95.9 cm³/mol. The fourth-order valence-corrected chi connectivity index (χ4v) is 2.79. The van der Waals surface area contributed by atoms with E-state index in [1.807, 2.05) is 31.7 Å². The Morgan fingerprint density at radius 1 is 1.23 bits per heavy atom. The van der Waals surface area contributed by atoms with Crippen molar-refractivity contribution in [1.82, 2.24) is 4.90 Å². The molecule has 1 aromatic rings. The molecule has 0 radical (unpaired) electrons. The van der Waals surface area contributed by atoms with Crippen molar-refractivity contribution in [2.75, 3.05) is 37.6 Å². The Kier molecular flexibility index (Phi) is 6.63. The summed E-state index contributed by atoms with van der Waals surface area (Å²) in [4.78, 5) is 15.7. The maximum Gasteiger partial charge on any atom is 0.410 e. The van der Waals surface area contributed by atoms with Gasteiger partial charge in [0.2, 0.25) is 0 Å². The lowest BCUT2D eigenvalue weighted by molar-refractivity contribution is -0.0495. The summed E-state index contributed by atoms with van der Waals surface area (Å²) >= 11 is 0. The highest BCUT2D eigenvalue weighted by molar-refractivity contribution is 5.69. The number of anilines is 1. The van der Waals surface area contributed by atoms with Crippen LogP contribution in [-0.4, -0.2) is 55.9 Å². The molecule has 1 aliphatic heterocycles. The first-order chi connectivity index (χ1) is 12.2. The van der Waals surface area contributed by atoms with Gasteiger partial charge in [0.15, 0.2) is 0 Å². The molecule has 0 unspecified atom stereocenters. The number of hydrogen-bond acceptors (Lipinski definition) is 5. The minimum atomic E-state index is -2.90. The van der Waals surface area contributed by atoms with Crippen LogP contribution < -0.4 is 15.4 Å². The standard InChI is InChI=1S/C18H27F2N3O3/c1-18(2,3)26-17(24)23-10-8-22(9-11-23)14-5-4-13(6-7-21)12-15(14)25-16(19)20/h4-5,12,16H,6-11,21H2,1-3H3. The number of carbonyl (C=O) groups excluding carboxylic acids is 1. The third-order valence-electron chi connectivity index (χ3n) is 3.95. The average Bonchev–Trinajstić information content (AvgIpc) is 2.53. The van der Waals surface area contributed by atoms with Crippen molar-refractivity contribution in [3.63, 3.8) is 0 Å². The molecule has 0 bridgehead atoms. The quantitative estimate of drug-likeness (QED) is 0.862. The maximum absolute atomic E-state index is 12.8. The summed E-state index contributed by atoms with van der Waals surface area (Å²) in [5.41, 5.74) is 6.42. The van der Waals surface area contributed by atoms with Crippen LogP contribution in [0, 0.1) is 0 Å². The van der Waals surface area contributed by atoms with Crippen molar-refractivity contribution in [3.8, 4) is 5.75 Å². The molecule has 1 amide bonds. The number of benzene rings is 1. The normalized spacial score (nSPS) is 15.3. The Morgan fingerprint density at radius 2 is 1.88 bits per heavy atom. The lowest BCUT2D eigenvalue weighted by Gasteiger charge is -2.37. The minimum absolute atomic E-state index is 0.136. The number of ether oxygens (including phenoxy) is 2. The number of carbonyl (C=O) groups is 1. The summed E-state index contributed by atoms with van der Waals surface area (Å²) in [6, 6.07) is 5.24. The summed E-state index contributed by atoms with van der Waals surface area (Å²) in [7, 11) is 0. The minimum Gasteiger partial charge on any atom is -0.444 e. The fraction of sp³-hybridized carbons (Fsp3) is 0.611. The van der Waals surface area contributed by atoms with Gasteiger partial charge in [-0.05, 0) is 51.4 Å². The first kappa shape index (κ1) is 20.2. The molecule has 1 heterocycles. The van der Waals surface area contributed by atoms with Gasteiger partial charge in [0, 0.05) is 26.2 Å². The van der Waals surface area contributed by atoms with Gasteiger partial charge in [0.05, 0.1) is 5.69 Å². The summed E-state index contributed by atoms with van der Waals surface area (Å²) in [6.45, 7) is 4.91. The molecule has 1 aromatic carbocycles. The molecule has 8 heteroatoms. The second-order valence-electron chi connectivity index (χ2n) is 7.17. The van der Waals surface area contributed by atoms with Gasteiger partial charge in [-0.2, -0.15) is 8.78 Å². The first-order valence-corrected chi connectivity index (χ1v) is 8.70. The predicted octanol–water partition coefficient (Wildman–Crippen LogP) is 2.85. The van der Waals surface area contributed by atoms with Crippen molar-refractivity contribution < 1.29 is 23.0 Å². The van der Waals surface area contributed by atoms with Crippen LogP contribution in [0.4, 0.5) is 19.3 Å². The van der Waals surface area contributed by atoms with Gasteiger partial charge in [-0.25, -0.2) is 4.79 Å². The molecule has 0 aliphatic carbocycles. The Morgan fingerprint density at radius 3 is 2.42 bits per heavy atom. The zero-order valence-electron chi connectivity index (χ0n) is 15.5. The molecule has 6 nitrogen and oxygen atoms in total. The van der Waals surface area contributed by atoms with E-state index >= 15 is 0 Å². The highest BCUT2D eigenvalue weighted by Gasteiger charge is 2.27. The zero-order valence-corrected chi connectivity index (χ0v) is 15.5. The Balaban J connectivity index is 2.07. The Bertz CT molecular complexity index is 612. The van der Waals surface area contributed by atoms with Crippen molar-refractivity contribution in [2.45, 2.75) is 39.4 Å². The zero-order chi connectivity index (χ0) is 19.3. The van der Waals surface area contributed by atoms with Crippen LogP contribution in [0.25, 0.3) is 0 Å². The topological polar surface area (TPSA) is 68.0 Å². The van der Waals surface area contributed by atoms with E-state index in [0.717, 1.165) is 5.56 Å². The van der Waals surface area contributed by atoms with Crippen LogP contribution in [0.15, 0.2) is 18.2 Å². The SMILES string of the molecule is CC(C)(C)OC(=O)N1CCN(c2ccc(CCN)cc2OC(F)F)CC1. The molecule has 146 valence electrons. The average molecular weight is 371 g/mol. The van der Waals surface area contributed by atoms with Gasteiger partial charge in [0.25, 0.3) is 0 Å². The van der Waals surface area contributed by atoms with E-state index in [-0.39, 0.29) is 11.8 Å². The van der Waals surface area contributed by atoms with Gasteiger partial charge < -0.3 is 25.0 Å². The molecule has 1 fully saturated rings. The highest BCUT2D eigenvalue weighted by Crippen LogP contribution is 2.32. The number of piperazine rings is 1. The van der Waals surface area contributed by atoms with Crippen LogP contribution in [0.3, 0.4) is 0 Å². The third-order valence-corrected chi connectivity index (χ3v) is 3.95. The van der Waals surface area contributed by atoms with Crippen LogP contribution >= 0.6 is 0 Å². The number of alkyl halides is 2. The van der Waals surface area contributed by atoms with Gasteiger partial charge in [-0.1, -0.05) is 6.07 Å². The summed E-state index contributed by atoms with van der Waals surface area (Å²) in [6.07, 6.45) is 0.228. The van der Waals surface area contributed by atoms with Crippen LogP contribution in [0.2, 0.25) is 0 Å². The van der Waals surface area contributed by atoms with Crippen molar-refractivity contribution >= 4 is 11.8 Å². The summed E-state index contributed by atoms with van der Waals surface area (Å²) in [5.74, 6) is 0.136. The fourth-order valence-electron chi connectivity index (χ4n) is 2.79. The van der Waals surface area contributed by atoms with Gasteiger partial charge >= 0.3 is 12.7 Å². The van der Waals surface area contributed by atoms with E-state index in [4.69, 9.17) is 15.2 Å². The van der Waals surface area contributed by atoms with E-state index in [1.165, 1.54) is 0 Å². The smallest absolute Gasteiger partial charge is 0.410 e. The molecule has 2 N–H and O–H groups in total. The van der Waals surface area contributed by atoms with E-state index < -0.39 is 12.2 Å². The number of rotatable bonds is 5. The monoisotopic (exact) mass is 371 g/mol. The van der Waals surface area contributed by atoms with E-state index in [1.54, 1.807) is 17.0 Å². The summed E-state index contributed by atoms with van der Waals surface area (Å²) in [5, 5.41) is 0. The maximum atomic E-state index is 12.8. The lowest BCUT2D eigenvalue weighted by Crippen LogP contribution is -2.50.